The average Bonchev–Trinajstić information content (AvgIpc) is 4.14. The van der Waals surface area contributed by atoms with Crippen molar-refractivity contribution in [1.82, 2.24) is 39.1 Å². The molecule has 326 valence electrons. The molecule has 2 fully saturated rings. The Kier molecular flexibility index (Phi) is 11.1. The third-order valence-electron chi connectivity index (χ3n) is 13.5. The van der Waals surface area contributed by atoms with Crippen molar-refractivity contribution in [1.29, 1.82) is 0 Å². The summed E-state index contributed by atoms with van der Waals surface area (Å²) in [5.74, 6) is 2.03. The molecule has 5 aromatic rings. The van der Waals surface area contributed by atoms with Crippen molar-refractivity contribution < 1.29 is 24.2 Å². The summed E-state index contributed by atoms with van der Waals surface area (Å²) in [4.78, 5) is 32.5. The summed E-state index contributed by atoms with van der Waals surface area (Å²) in [6.45, 7) is 10.2. The molecule has 2 amide bonds. The van der Waals surface area contributed by atoms with Crippen LogP contribution in [0, 0.1) is 0 Å². The van der Waals surface area contributed by atoms with E-state index in [0.29, 0.717) is 45.8 Å². The molecule has 62 heavy (non-hydrogen) atoms. The number of aryl methyl sites for hydroxylation is 1. The van der Waals surface area contributed by atoms with E-state index < -0.39 is 6.10 Å². The van der Waals surface area contributed by atoms with Gasteiger partial charge in [0.15, 0.2) is 11.6 Å². The summed E-state index contributed by atoms with van der Waals surface area (Å²) in [7, 11) is 1.91. The number of benzene rings is 2. The van der Waals surface area contributed by atoms with Crippen LogP contribution in [0.4, 0.5) is 23.0 Å². The molecular formula is C46H55ClN10O5. The first-order valence-electron chi connectivity index (χ1n) is 22.1. The number of anilines is 4. The largest absolute Gasteiger partial charge is 0.391 e. The van der Waals surface area contributed by atoms with Gasteiger partial charge in [0, 0.05) is 124 Å². The molecule has 0 spiro atoms. The molecule has 6 aliphatic heterocycles. The molecule has 3 atom stereocenters. The minimum Gasteiger partial charge on any atom is -0.391 e. The molecular weight excluding hydrogens is 808 g/mol. The molecule has 6 aliphatic rings. The first-order chi connectivity index (χ1) is 30.1. The zero-order valence-corrected chi connectivity index (χ0v) is 36.6. The zero-order chi connectivity index (χ0) is 42.6. The molecule has 2 saturated heterocycles. The van der Waals surface area contributed by atoms with Crippen LogP contribution in [-0.4, -0.2) is 115 Å². The van der Waals surface area contributed by atoms with E-state index in [9.17, 15) is 14.7 Å². The number of halogens is 1. The Morgan fingerprint density at radius 2 is 1.42 bits per heavy atom. The van der Waals surface area contributed by atoms with Gasteiger partial charge in [-0.25, -0.2) is 0 Å². The third kappa shape index (κ3) is 7.56. The van der Waals surface area contributed by atoms with Crippen molar-refractivity contribution >= 4 is 46.4 Å². The maximum atomic E-state index is 12.2. The SMILES string of the molecule is CC(=O)N1CCc2c(c(N3CC(O)Cc4cc(-c5cnn(C)c5)ccc43)nn2[C@H]2CCOC2)C1.CC(=O)N1CCc2c(c(N3CCCc4c(Cl)cccc43)nn2[C@H]2CCOC2)C1. The van der Waals surface area contributed by atoms with Gasteiger partial charge in [-0.1, -0.05) is 23.7 Å². The number of hydrogen-bond donors (Lipinski definition) is 1. The van der Waals surface area contributed by atoms with Gasteiger partial charge in [-0.3, -0.25) is 23.6 Å². The number of β-amino-alcohol motifs (C(OH)–C–C–N with tert-alkyl or cyclic N) is 1. The Morgan fingerprint density at radius 3 is 2.00 bits per heavy atom. The molecule has 0 saturated carbocycles. The minimum atomic E-state index is -0.500. The van der Waals surface area contributed by atoms with Crippen LogP contribution in [0.5, 0.6) is 0 Å². The number of aliphatic hydroxyl groups excluding tert-OH is 1. The van der Waals surface area contributed by atoms with Crippen LogP contribution in [0.15, 0.2) is 48.8 Å². The topological polar surface area (TPSA) is 139 Å². The van der Waals surface area contributed by atoms with Crippen molar-refractivity contribution in [3.05, 3.63) is 87.5 Å². The second-order valence-electron chi connectivity index (χ2n) is 17.5. The van der Waals surface area contributed by atoms with Gasteiger partial charge in [-0.15, -0.1) is 0 Å². The summed E-state index contributed by atoms with van der Waals surface area (Å²) in [5.41, 5.74) is 11.4. The Morgan fingerprint density at radius 1 is 0.774 bits per heavy atom. The molecule has 15 nitrogen and oxygen atoms in total. The van der Waals surface area contributed by atoms with Crippen LogP contribution in [0.3, 0.4) is 0 Å². The number of rotatable bonds is 5. The van der Waals surface area contributed by atoms with Crippen molar-refractivity contribution in [2.45, 2.75) is 90.1 Å². The van der Waals surface area contributed by atoms with E-state index in [2.05, 4.69) is 48.5 Å². The normalized spacial score (nSPS) is 21.9. The highest BCUT2D eigenvalue weighted by atomic mass is 35.5. The van der Waals surface area contributed by atoms with Gasteiger partial charge in [0.05, 0.1) is 57.2 Å². The Balaban J connectivity index is 0.000000151. The van der Waals surface area contributed by atoms with Gasteiger partial charge in [0.2, 0.25) is 11.8 Å². The van der Waals surface area contributed by atoms with E-state index >= 15 is 0 Å². The van der Waals surface area contributed by atoms with Gasteiger partial charge in [0.25, 0.3) is 0 Å². The lowest BCUT2D eigenvalue weighted by atomic mass is 9.95. The molecule has 11 rings (SSSR count). The molecule has 16 heteroatoms. The summed E-state index contributed by atoms with van der Waals surface area (Å²) in [6.07, 6.45) is 9.54. The predicted octanol–water partition coefficient (Wildman–Crippen LogP) is 5.69. The summed E-state index contributed by atoms with van der Waals surface area (Å²) < 4.78 is 17.4. The van der Waals surface area contributed by atoms with Crippen LogP contribution in [0.1, 0.15) is 78.8 Å². The fourth-order valence-corrected chi connectivity index (χ4v) is 10.5. The van der Waals surface area contributed by atoms with Crippen LogP contribution < -0.4 is 9.80 Å². The number of nitrogens with zero attached hydrogens (tertiary/aromatic N) is 10. The lowest BCUT2D eigenvalue weighted by molar-refractivity contribution is -0.130. The van der Waals surface area contributed by atoms with Crippen molar-refractivity contribution in [3.8, 4) is 11.1 Å². The Bertz CT molecular complexity index is 2500. The molecule has 1 N–H and O–H groups in total. The summed E-state index contributed by atoms with van der Waals surface area (Å²) >= 11 is 6.49. The van der Waals surface area contributed by atoms with Gasteiger partial charge in [0.1, 0.15) is 0 Å². The number of aromatic nitrogens is 6. The molecule has 0 radical (unpaired) electrons. The minimum absolute atomic E-state index is 0.0775. The quantitative estimate of drug-likeness (QED) is 0.235. The highest BCUT2D eigenvalue weighted by Gasteiger charge is 2.37. The fourth-order valence-electron chi connectivity index (χ4n) is 10.3. The van der Waals surface area contributed by atoms with Gasteiger partial charge in [-0.2, -0.15) is 15.3 Å². The number of aliphatic hydroxyl groups is 1. The monoisotopic (exact) mass is 862 g/mol. The van der Waals surface area contributed by atoms with Crippen molar-refractivity contribution in [2.24, 2.45) is 7.05 Å². The number of carbonyl (C=O) groups excluding carboxylic acids is 2. The lowest BCUT2D eigenvalue weighted by Gasteiger charge is -2.34. The average molecular weight is 863 g/mol. The van der Waals surface area contributed by atoms with Gasteiger partial charge < -0.3 is 34.2 Å². The third-order valence-corrected chi connectivity index (χ3v) is 13.8. The highest BCUT2D eigenvalue weighted by molar-refractivity contribution is 6.31. The van der Waals surface area contributed by atoms with E-state index in [1.54, 1.807) is 18.5 Å². The number of hydrogen-bond acceptors (Lipinski definition) is 10. The number of fused-ring (bicyclic) bond motifs is 4. The zero-order valence-electron chi connectivity index (χ0n) is 35.8. The van der Waals surface area contributed by atoms with Crippen LogP contribution >= 0.6 is 11.6 Å². The second-order valence-corrected chi connectivity index (χ2v) is 17.9. The first-order valence-corrected chi connectivity index (χ1v) is 22.5. The molecule has 1 unspecified atom stereocenters. The summed E-state index contributed by atoms with van der Waals surface area (Å²) in [5, 5.41) is 26.2. The van der Waals surface area contributed by atoms with Gasteiger partial charge in [-0.05, 0) is 66.6 Å². The van der Waals surface area contributed by atoms with Gasteiger partial charge >= 0.3 is 0 Å². The molecule has 0 aliphatic carbocycles. The Hall–Kier alpha value is -5.22. The number of ether oxygens (including phenoxy) is 2. The second kappa shape index (κ2) is 16.8. The van der Waals surface area contributed by atoms with Crippen LogP contribution in [0.25, 0.3) is 11.1 Å². The number of amides is 2. The molecule has 3 aromatic heterocycles. The van der Waals surface area contributed by atoms with E-state index in [-0.39, 0.29) is 23.9 Å². The maximum Gasteiger partial charge on any atom is 0.219 e. The van der Waals surface area contributed by atoms with E-state index in [0.717, 1.165) is 115 Å². The maximum absolute atomic E-state index is 12.2. The number of carbonyl (C=O) groups is 2. The fraction of sp³-hybridized carbons (Fsp3) is 0.500. The molecule has 2 aromatic carbocycles. The standard InChI is InChI=1S/C25H30N6O3.C21H25ClN4O2/c1-16(32)29-7-5-24-22(14-29)25(27-31(24)20-6-8-34-15-20)30-13-21(33)10-18-9-17(3-4-23(18)30)19-11-26-28(2)12-19;1-14(27)24-10-7-20-17(12-24)21(23-26(20)15-8-11-28-13-15)25-9-3-4-16-18(22)5-2-6-19(16)25/h3-4,9,11-12,20-21,33H,5-8,10,13-15H2,1-2H3;2,5-6,15H,3-4,7-13H2,1H3/t20-,21?;15-/m00/s1. The smallest absolute Gasteiger partial charge is 0.219 e. The summed E-state index contributed by atoms with van der Waals surface area (Å²) in [6, 6.07) is 13.0. The Labute approximate surface area is 366 Å². The molecule has 0 bridgehead atoms. The van der Waals surface area contributed by atoms with E-state index in [4.69, 9.17) is 31.3 Å². The van der Waals surface area contributed by atoms with Crippen LogP contribution in [0.2, 0.25) is 5.02 Å². The van der Waals surface area contributed by atoms with E-state index in [1.165, 1.54) is 22.5 Å². The van der Waals surface area contributed by atoms with Crippen LogP contribution in [-0.2, 0) is 64.9 Å². The lowest BCUT2D eigenvalue weighted by Crippen LogP contribution is -2.38. The van der Waals surface area contributed by atoms with Crippen molar-refractivity contribution in [3.63, 3.8) is 0 Å². The van der Waals surface area contributed by atoms with E-state index in [1.807, 2.05) is 41.4 Å². The highest BCUT2D eigenvalue weighted by Crippen LogP contribution is 2.43. The predicted molar refractivity (Wildman–Crippen MR) is 235 cm³/mol. The molecule has 9 heterocycles. The van der Waals surface area contributed by atoms with Crippen molar-refractivity contribution in [2.75, 3.05) is 62.4 Å². The first kappa shape index (κ1) is 40.8.